The molecule has 1 aliphatic rings. The van der Waals surface area contributed by atoms with E-state index in [2.05, 4.69) is 16.0 Å². The first-order valence-corrected chi connectivity index (χ1v) is 8.47. The molecule has 0 unspecified atom stereocenters. The summed E-state index contributed by atoms with van der Waals surface area (Å²) < 4.78 is 38.9. The van der Waals surface area contributed by atoms with Crippen molar-refractivity contribution in [1.82, 2.24) is 15.5 Å². The van der Waals surface area contributed by atoms with Crippen LogP contribution in [0.1, 0.15) is 25.3 Å². The first kappa shape index (κ1) is 20.7. The molecule has 148 valence electrons. The van der Waals surface area contributed by atoms with E-state index >= 15 is 0 Å². The number of likely N-dealkylation sites (N-methyl/N-ethyl adjacent to an activating group) is 1. The third-order valence-corrected chi connectivity index (χ3v) is 3.85. The molecule has 0 spiro atoms. The minimum absolute atomic E-state index is 0.0968. The molecule has 0 heterocycles. The molecule has 1 aromatic rings. The predicted octanol–water partition coefficient (Wildman–Crippen LogP) is 1.95. The fourth-order valence-corrected chi connectivity index (χ4v) is 2.33. The normalized spacial score (nSPS) is 14.0. The van der Waals surface area contributed by atoms with Gasteiger partial charge in [0.15, 0.2) is 0 Å². The highest BCUT2D eigenvalue weighted by molar-refractivity contribution is 5.96. The molecule has 0 aliphatic heterocycles. The summed E-state index contributed by atoms with van der Waals surface area (Å²) in [5.74, 6) is -1.29. The molecular formula is C17H21F3N4O3. The zero-order valence-electron chi connectivity index (χ0n) is 14.7. The van der Waals surface area contributed by atoms with E-state index in [0.717, 1.165) is 25.0 Å². The lowest BCUT2D eigenvalue weighted by atomic mass is 10.1. The van der Waals surface area contributed by atoms with Crippen LogP contribution in [0.15, 0.2) is 24.3 Å². The van der Waals surface area contributed by atoms with Crippen molar-refractivity contribution in [3.8, 4) is 0 Å². The molecule has 0 atom stereocenters. The summed E-state index contributed by atoms with van der Waals surface area (Å²) in [6, 6.07) is 4.15. The average molecular weight is 386 g/mol. The first-order chi connectivity index (χ1) is 12.7. The second kappa shape index (κ2) is 8.85. The topological polar surface area (TPSA) is 90.5 Å². The fourth-order valence-electron chi connectivity index (χ4n) is 2.33. The van der Waals surface area contributed by atoms with Crippen LogP contribution in [0.5, 0.6) is 0 Å². The van der Waals surface area contributed by atoms with Gasteiger partial charge in [-0.25, -0.2) is 4.79 Å². The Morgan fingerprint density at radius 2 is 1.74 bits per heavy atom. The fraction of sp³-hybridized carbons (Fsp3) is 0.471. The third kappa shape index (κ3) is 6.89. The number of imide groups is 1. The van der Waals surface area contributed by atoms with Crippen LogP contribution in [0, 0.1) is 0 Å². The SMILES string of the molecule is CCN(CC(=O)NC(=O)NC1CC1)CC(=O)Nc1ccccc1C(F)(F)F. The van der Waals surface area contributed by atoms with E-state index in [1.165, 1.54) is 17.0 Å². The van der Waals surface area contributed by atoms with Crippen LogP contribution in [0.2, 0.25) is 0 Å². The monoisotopic (exact) mass is 386 g/mol. The maximum atomic E-state index is 13.0. The second-order valence-corrected chi connectivity index (χ2v) is 6.19. The van der Waals surface area contributed by atoms with E-state index < -0.39 is 29.6 Å². The second-order valence-electron chi connectivity index (χ2n) is 6.19. The Balaban J connectivity index is 1.87. The summed E-state index contributed by atoms with van der Waals surface area (Å²) in [4.78, 5) is 36.9. The number of hydrogen-bond donors (Lipinski definition) is 3. The Labute approximate surface area is 154 Å². The lowest BCUT2D eigenvalue weighted by Crippen LogP contribution is -2.46. The van der Waals surface area contributed by atoms with Gasteiger partial charge in [-0.05, 0) is 31.5 Å². The third-order valence-electron chi connectivity index (χ3n) is 3.85. The van der Waals surface area contributed by atoms with E-state index in [9.17, 15) is 27.6 Å². The van der Waals surface area contributed by atoms with Crippen LogP contribution in [0.3, 0.4) is 0 Å². The molecule has 0 bridgehead atoms. The van der Waals surface area contributed by atoms with E-state index in [1.807, 2.05) is 0 Å². The van der Waals surface area contributed by atoms with Crippen LogP contribution in [0.4, 0.5) is 23.7 Å². The number of halogens is 3. The molecular weight excluding hydrogens is 365 g/mol. The van der Waals surface area contributed by atoms with Crippen molar-refractivity contribution in [3.05, 3.63) is 29.8 Å². The maximum Gasteiger partial charge on any atom is 0.418 e. The molecule has 1 saturated carbocycles. The Bertz CT molecular complexity index is 705. The lowest BCUT2D eigenvalue weighted by Gasteiger charge is -2.20. The number of anilines is 1. The number of urea groups is 1. The zero-order chi connectivity index (χ0) is 20.0. The van der Waals surface area contributed by atoms with E-state index in [4.69, 9.17) is 0 Å². The molecule has 0 aromatic heterocycles. The molecule has 3 N–H and O–H groups in total. The highest BCUT2D eigenvalue weighted by atomic mass is 19.4. The van der Waals surface area contributed by atoms with Crippen molar-refractivity contribution in [2.45, 2.75) is 32.0 Å². The largest absolute Gasteiger partial charge is 0.418 e. The highest BCUT2D eigenvalue weighted by Crippen LogP contribution is 2.34. The van der Waals surface area contributed by atoms with E-state index in [0.29, 0.717) is 6.54 Å². The average Bonchev–Trinajstić information content (AvgIpc) is 3.37. The lowest BCUT2D eigenvalue weighted by molar-refractivity contribution is -0.137. The Morgan fingerprint density at radius 1 is 1.11 bits per heavy atom. The molecule has 27 heavy (non-hydrogen) atoms. The summed E-state index contributed by atoms with van der Waals surface area (Å²) in [7, 11) is 0. The number of amides is 4. The minimum Gasteiger partial charge on any atom is -0.335 e. The molecule has 4 amide bonds. The summed E-state index contributed by atoms with van der Waals surface area (Å²) >= 11 is 0. The molecule has 7 nitrogen and oxygen atoms in total. The van der Waals surface area contributed by atoms with E-state index in [-0.39, 0.29) is 24.8 Å². The standard InChI is InChI=1S/C17H21F3N4O3/c1-2-24(10-15(26)23-16(27)21-11-7-8-11)9-14(25)22-13-6-4-3-5-12(13)17(18,19)20/h3-6,11H,2,7-10H2,1H3,(H,22,25)(H2,21,23,26,27). The van der Waals surface area contributed by atoms with Gasteiger partial charge in [-0.3, -0.25) is 19.8 Å². The van der Waals surface area contributed by atoms with Gasteiger partial charge in [0.25, 0.3) is 0 Å². The van der Waals surface area contributed by atoms with Gasteiger partial charge in [-0.2, -0.15) is 13.2 Å². The van der Waals surface area contributed by atoms with Crippen LogP contribution in [-0.2, 0) is 15.8 Å². The number of rotatable bonds is 7. The number of nitrogens with one attached hydrogen (secondary N) is 3. The number of hydrogen-bond acceptors (Lipinski definition) is 4. The number of benzene rings is 1. The van der Waals surface area contributed by atoms with Crippen molar-refractivity contribution in [2.75, 3.05) is 25.0 Å². The van der Waals surface area contributed by atoms with Crippen molar-refractivity contribution in [3.63, 3.8) is 0 Å². The van der Waals surface area contributed by atoms with Gasteiger partial charge in [-0.1, -0.05) is 19.1 Å². The van der Waals surface area contributed by atoms with Crippen molar-refractivity contribution < 1.29 is 27.6 Å². The smallest absolute Gasteiger partial charge is 0.335 e. The van der Waals surface area contributed by atoms with Gasteiger partial charge in [-0.15, -0.1) is 0 Å². The molecule has 0 saturated heterocycles. The van der Waals surface area contributed by atoms with Gasteiger partial charge >= 0.3 is 12.2 Å². The Hall–Kier alpha value is -2.62. The summed E-state index contributed by atoms with van der Waals surface area (Å²) in [6.45, 7) is 1.46. The van der Waals surface area contributed by atoms with Gasteiger partial charge in [0.05, 0.1) is 24.3 Å². The number of carbonyl (C=O) groups excluding carboxylic acids is 3. The highest BCUT2D eigenvalue weighted by Gasteiger charge is 2.33. The molecule has 1 aromatic carbocycles. The quantitative estimate of drug-likeness (QED) is 0.668. The number of alkyl halides is 3. The Kier molecular flexibility index (Phi) is 6.78. The van der Waals surface area contributed by atoms with Gasteiger partial charge < -0.3 is 10.6 Å². The molecule has 1 fully saturated rings. The predicted molar refractivity (Wildman–Crippen MR) is 91.9 cm³/mol. The Morgan fingerprint density at radius 3 is 2.33 bits per heavy atom. The summed E-state index contributed by atoms with van der Waals surface area (Å²) in [5.41, 5.74) is -1.30. The van der Waals surface area contributed by atoms with Crippen LogP contribution in [0.25, 0.3) is 0 Å². The number of para-hydroxylation sites is 1. The molecule has 1 aliphatic carbocycles. The van der Waals surface area contributed by atoms with Crippen LogP contribution in [-0.4, -0.2) is 48.4 Å². The number of carbonyl (C=O) groups is 3. The van der Waals surface area contributed by atoms with Gasteiger partial charge in [0.2, 0.25) is 11.8 Å². The number of nitrogens with zero attached hydrogens (tertiary/aromatic N) is 1. The van der Waals surface area contributed by atoms with Crippen molar-refractivity contribution >= 4 is 23.5 Å². The van der Waals surface area contributed by atoms with Gasteiger partial charge in [0.1, 0.15) is 0 Å². The van der Waals surface area contributed by atoms with Crippen molar-refractivity contribution in [2.24, 2.45) is 0 Å². The summed E-state index contributed by atoms with van der Waals surface area (Å²) in [6.07, 6.45) is -2.84. The van der Waals surface area contributed by atoms with Crippen molar-refractivity contribution in [1.29, 1.82) is 0 Å². The zero-order valence-corrected chi connectivity index (χ0v) is 14.7. The van der Waals surface area contributed by atoms with Crippen LogP contribution >= 0.6 is 0 Å². The minimum atomic E-state index is -4.59. The maximum absolute atomic E-state index is 13.0. The molecule has 2 rings (SSSR count). The molecule has 0 radical (unpaired) electrons. The molecule has 10 heteroatoms. The van der Waals surface area contributed by atoms with E-state index in [1.54, 1.807) is 6.92 Å². The first-order valence-electron chi connectivity index (χ1n) is 8.47. The van der Waals surface area contributed by atoms with Crippen LogP contribution < -0.4 is 16.0 Å². The van der Waals surface area contributed by atoms with Gasteiger partial charge in [0, 0.05) is 6.04 Å². The summed E-state index contributed by atoms with van der Waals surface area (Å²) in [5, 5.41) is 6.97.